The van der Waals surface area contributed by atoms with E-state index in [4.69, 9.17) is 0 Å². The van der Waals surface area contributed by atoms with Gasteiger partial charge in [-0.05, 0) is 0 Å². The molecule has 0 N–H and O–H groups in total. The molecule has 4 heavy (non-hydrogen) atoms. The van der Waals surface area contributed by atoms with Crippen LogP contribution in [0.4, 0.5) is 0 Å². The molecule has 0 aliphatic carbocycles. The van der Waals surface area contributed by atoms with Gasteiger partial charge in [-0.15, -0.1) is 0 Å². The third-order valence-corrected chi connectivity index (χ3v) is 0. The molecule has 0 nitrogen and oxygen atoms in total. The fraction of sp³-hybridized carbons (Fsp3) is 0.667. The predicted molar refractivity (Wildman–Crippen MR) is 15.6 cm³/mol. The van der Waals surface area contributed by atoms with Gasteiger partial charge in [0.05, 0.1) is 0 Å². The van der Waals surface area contributed by atoms with Gasteiger partial charge in [0.15, 0.2) is 0 Å². The molecule has 0 aliphatic rings. The van der Waals surface area contributed by atoms with Crippen LogP contribution in [-0.4, -0.2) is 0 Å². The van der Waals surface area contributed by atoms with Gasteiger partial charge in [-0.2, -0.15) is 0 Å². The van der Waals surface area contributed by atoms with Crippen molar-refractivity contribution in [2.24, 2.45) is 0 Å². The molecule has 0 saturated carbocycles. The van der Waals surface area contributed by atoms with Crippen LogP contribution in [0.25, 0.3) is 0 Å². The molecule has 0 spiro atoms. The van der Waals surface area contributed by atoms with Gasteiger partial charge >= 0.3 is 0 Å². The monoisotopic (exact) mass is 146 g/mol. The van der Waals surface area contributed by atoms with Crippen LogP contribution in [0.2, 0.25) is 0 Å². The van der Waals surface area contributed by atoms with E-state index in [0.29, 0.717) is 0 Å². The van der Waals surface area contributed by atoms with Crippen LogP contribution in [0.5, 0.6) is 0 Å². The van der Waals surface area contributed by atoms with Crippen molar-refractivity contribution < 1.29 is 19.5 Å². The van der Waals surface area contributed by atoms with Gasteiger partial charge in [0.25, 0.3) is 0 Å². The molecule has 0 bridgehead atoms. The Morgan fingerprint density at radius 1 is 1.75 bits per heavy atom. The molecule has 0 amide bonds. The summed E-state index contributed by atoms with van der Waals surface area (Å²) in [6, 6.07) is 0. The first-order chi connectivity index (χ1) is 1.41. The van der Waals surface area contributed by atoms with Crippen LogP contribution in [0.15, 0.2) is 0 Å². The fourth-order valence-corrected chi connectivity index (χ4v) is 0. The summed E-state index contributed by atoms with van der Waals surface area (Å²) in [4.78, 5) is 0. The first-order valence-corrected chi connectivity index (χ1v) is 1.21. The molecule has 28 valence electrons. The fourth-order valence-electron chi connectivity index (χ4n) is 0. The normalized spacial score (nSPS) is 4.50. The molecule has 0 atom stereocenters. The van der Waals surface area contributed by atoms with Crippen molar-refractivity contribution in [1.82, 2.24) is 0 Å². The Morgan fingerprint density at radius 3 is 1.75 bits per heavy atom. The van der Waals surface area contributed by atoms with E-state index in [1.54, 1.807) is 0 Å². The smallest absolute Gasteiger partial charge is 0 e. The molecule has 0 rings (SSSR count). The van der Waals surface area contributed by atoms with Crippen LogP contribution in [0.3, 0.4) is 0 Å². The average Bonchev–Trinajstić information content (AvgIpc) is 0.918. The zero-order valence-electron chi connectivity index (χ0n) is 2.75. The Kier molecular flexibility index (Phi) is 20.9. The van der Waals surface area contributed by atoms with E-state index < -0.39 is 0 Å². The van der Waals surface area contributed by atoms with Crippen molar-refractivity contribution in [3.05, 3.63) is 6.92 Å². The first kappa shape index (κ1) is 8.82. The molecular weight excluding hydrogens is 139 g/mol. The van der Waals surface area contributed by atoms with Crippen molar-refractivity contribution in [3.8, 4) is 0 Å². The molecule has 2 radical (unpaired) electrons. The molecule has 0 fully saturated rings. The summed E-state index contributed by atoms with van der Waals surface area (Å²) in [7, 11) is 0. The topological polar surface area (TPSA) is 0 Å². The SMILES string of the molecule is [CH2]CC.[Rh]. The number of rotatable bonds is 0. The maximum atomic E-state index is 3.49. The summed E-state index contributed by atoms with van der Waals surface area (Å²) in [6.45, 7) is 5.50. The molecule has 0 unspecified atom stereocenters. The molecule has 0 saturated heterocycles. The summed E-state index contributed by atoms with van der Waals surface area (Å²) in [5.74, 6) is 0. The summed E-state index contributed by atoms with van der Waals surface area (Å²) in [6.07, 6.45) is 1.00. The Bertz CT molecular complexity index is 3.25. The minimum atomic E-state index is 0. The van der Waals surface area contributed by atoms with Crippen molar-refractivity contribution in [3.63, 3.8) is 0 Å². The summed E-state index contributed by atoms with van der Waals surface area (Å²) in [5, 5.41) is 0. The van der Waals surface area contributed by atoms with E-state index in [2.05, 4.69) is 6.92 Å². The van der Waals surface area contributed by atoms with Gasteiger partial charge < -0.3 is 0 Å². The minimum Gasteiger partial charge on any atom is -0.0654 e. The van der Waals surface area contributed by atoms with Crippen molar-refractivity contribution in [1.29, 1.82) is 0 Å². The average molecular weight is 146 g/mol. The summed E-state index contributed by atoms with van der Waals surface area (Å²) in [5.41, 5.74) is 0. The largest absolute Gasteiger partial charge is 0.0654 e. The Morgan fingerprint density at radius 2 is 1.75 bits per heavy atom. The Hall–Kier alpha value is 0.623. The van der Waals surface area contributed by atoms with Crippen LogP contribution >= 0.6 is 0 Å². The molecular formula is C3H7Rh. The van der Waals surface area contributed by atoms with Crippen LogP contribution in [0, 0.1) is 6.92 Å². The van der Waals surface area contributed by atoms with E-state index in [-0.39, 0.29) is 19.5 Å². The first-order valence-electron chi connectivity index (χ1n) is 1.21. The van der Waals surface area contributed by atoms with Gasteiger partial charge in [0.1, 0.15) is 0 Å². The zero-order valence-corrected chi connectivity index (χ0v) is 4.39. The van der Waals surface area contributed by atoms with Gasteiger partial charge in [0, 0.05) is 19.5 Å². The maximum Gasteiger partial charge on any atom is 0 e. The van der Waals surface area contributed by atoms with Gasteiger partial charge in [-0.3, -0.25) is 0 Å². The number of hydrogen-bond donors (Lipinski definition) is 0. The van der Waals surface area contributed by atoms with Crippen LogP contribution in [-0.2, 0) is 19.5 Å². The second-order valence-corrected chi connectivity index (χ2v) is 0.500. The standard InChI is InChI=1S/C3H7.Rh/c1-3-2;/h1,3H2,2H3;. The van der Waals surface area contributed by atoms with E-state index >= 15 is 0 Å². The molecule has 1 heteroatoms. The van der Waals surface area contributed by atoms with Gasteiger partial charge in [0.2, 0.25) is 0 Å². The molecule has 0 aromatic heterocycles. The zero-order chi connectivity index (χ0) is 2.71. The summed E-state index contributed by atoms with van der Waals surface area (Å²) >= 11 is 0. The summed E-state index contributed by atoms with van der Waals surface area (Å²) < 4.78 is 0. The quantitative estimate of drug-likeness (QED) is 0.451. The Labute approximate surface area is 40.4 Å². The van der Waals surface area contributed by atoms with Crippen molar-refractivity contribution in [2.75, 3.05) is 0 Å². The van der Waals surface area contributed by atoms with Crippen LogP contribution < -0.4 is 0 Å². The molecule has 0 aromatic rings. The minimum absolute atomic E-state index is 0. The van der Waals surface area contributed by atoms with Crippen molar-refractivity contribution in [2.45, 2.75) is 13.3 Å². The molecule has 0 aromatic carbocycles. The molecule has 0 aliphatic heterocycles. The number of hydrogen-bond acceptors (Lipinski definition) is 0. The van der Waals surface area contributed by atoms with E-state index in [1.807, 2.05) is 6.92 Å². The maximum absolute atomic E-state index is 3.49. The Balaban J connectivity index is 0. The predicted octanol–water partition coefficient (Wildman–Crippen LogP) is 1.23. The third kappa shape index (κ3) is 17.8. The second kappa shape index (κ2) is 9.46. The third-order valence-electron chi connectivity index (χ3n) is 0. The second-order valence-electron chi connectivity index (χ2n) is 0.500. The van der Waals surface area contributed by atoms with Crippen molar-refractivity contribution >= 4 is 0 Å². The van der Waals surface area contributed by atoms with Gasteiger partial charge in [-0.1, -0.05) is 20.3 Å². The van der Waals surface area contributed by atoms with Crippen LogP contribution in [0.1, 0.15) is 13.3 Å². The van der Waals surface area contributed by atoms with E-state index in [0.717, 1.165) is 6.42 Å². The van der Waals surface area contributed by atoms with Gasteiger partial charge in [-0.25, -0.2) is 0 Å². The van der Waals surface area contributed by atoms with E-state index in [1.165, 1.54) is 0 Å². The van der Waals surface area contributed by atoms with E-state index in [9.17, 15) is 0 Å². The molecule has 0 heterocycles.